The standard InChI is InChI=1S/C10H6N2O5S/c13-9(14)6-1-2-8(7(5-6)12(15)16)18-10-11-3-4-17-10/h1-5H,(H,13,14). The molecule has 0 aliphatic carbocycles. The molecule has 0 atom stereocenters. The van der Waals surface area contributed by atoms with Gasteiger partial charge in [-0.3, -0.25) is 10.1 Å². The molecule has 18 heavy (non-hydrogen) atoms. The number of hydrogen-bond donors (Lipinski definition) is 1. The van der Waals surface area contributed by atoms with Gasteiger partial charge in [0.1, 0.15) is 6.26 Å². The van der Waals surface area contributed by atoms with Crippen LogP contribution in [-0.2, 0) is 0 Å². The van der Waals surface area contributed by atoms with Crippen molar-refractivity contribution in [2.45, 2.75) is 10.1 Å². The Morgan fingerprint density at radius 3 is 2.83 bits per heavy atom. The van der Waals surface area contributed by atoms with Crippen molar-refractivity contribution in [1.82, 2.24) is 4.98 Å². The molecule has 1 aromatic heterocycles. The minimum absolute atomic E-state index is 0.140. The first-order valence-electron chi connectivity index (χ1n) is 4.67. The Bertz CT molecular complexity index is 596. The number of carboxylic acids is 1. The summed E-state index contributed by atoms with van der Waals surface area (Å²) in [7, 11) is 0. The van der Waals surface area contributed by atoms with Gasteiger partial charge in [0.05, 0.1) is 21.6 Å². The van der Waals surface area contributed by atoms with Gasteiger partial charge in [-0.1, -0.05) is 0 Å². The van der Waals surface area contributed by atoms with Crippen LogP contribution >= 0.6 is 11.8 Å². The van der Waals surface area contributed by atoms with Gasteiger partial charge in [-0.25, -0.2) is 9.78 Å². The predicted octanol–water partition coefficient (Wildman–Crippen LogP) is 2.43. The van der Waals surface area contributed by atoms with Gasteiger partial charge in [-0.15, -0.1) is 0 Å². The van der Waals surface area contributed by atoms with Crippen molar-refractivity contribution in [2.24, 2.45) is 0 Å². The van der Waals surface area contributed by atoms with Crippen molar-refractivity contribution in [3.05, 3.63) is 46.3 Å². The number of nitrogens with zero attached hydrogens (tertiary/aromatic N) is 2. The lowest BCUT2D eigenvalue weighted by Gasteiger charge is -2.01. The van der Waals surface area contributed by atoms with Crippen LogP contribution < -0.4 is 0 Å². The van der Waals surface area contributed by atoms with E-state index in [0.29, 0.717) is 0 Å². The monoisotopic (exact) mass is 266 g/mol. The number of aromatic nitrogens is 1. The summed E-state index contributed by atoms with van der Waals surface area (Å²) >= 11 is 0.957. The molecule has 0 aliphatic heterocycles. The Morgan fingerprint density at radius 1 is 1.50 bits per heavy atom. The highest BCUT2D eigenvalue weighted by Crippen LogP contribution is 2.34. The van der Waals surface area contributed by atoms with E-state index in [0.717, 1.165) is 17.8 Å². The zero-order valence-electron chi connectivity index (χ0n) is 8.77. The van der Waals surface area contributed by atoms with E-state index in [1.807, 2.05) is 0 Å². The number of benzene rings is 1. The molecule has 8 heteroatoms. The van der Waals surface area contributed by atoms with Crippen LogP contribution in [-0.4, -0.2) is 21.0 Å². The summed E-state index contributed by atoms with van der Waals surface area (Å²) in [5.74, 6) is -1.22. The molecule has 0 fully saturated rings. The fraction of sp³-hybridized carbons (Fsp3) is 0. The number of aromatic carboxylic acids is 1. The minimum Gasteiger partial charge on any atom is -0.478 e. The van der Waals surface area contributed by atoms with Crippen molar-refractivity contribution in [3.63, 3.8) is 0 Å². The third kappa shape index (κ3) is 2.48. The molecular weight excluding hydrogens is 260 g/mol. The highest BCUT2D eigenvalue weighted by Gasteiger charge is 2.19. The van der Waals surface area contributed by atoms with Crippen LogP contribution in [0, 0.1) is 10.1 Å². The van der Waals surface area contributed by atoms with E-state index in [-0.39, 0.29) is 21.4 Å². The molecule has 0 aliphatic rings. The summed E-state index contributed by atoms with van der Waals surface area (Å²) in [5.41, 5.74) is -0.434. The van der Waals surface area contributed by atoms with Crippen molar-refractivity contribution in [3.8, 4) is 0 Å². The Kier molecular flexibility index (Phi) is 3.28. The van der Waals surface area contributed by atoms with E-state index in [1.165, 1.54) is 24.6 Å². The zero-order valence-corrected chi connectivity index (χ0v) is 9.59. The third-order valence-corrected chi connectivity index (χ3v) is 2.95. The summed E-state index contributed by atoms with van der Waals surface area (Å²) in [6, 6.07) is 3.66. The molecule has 92 valence electrons. The Hall–Kier alpha value is -2.35. The summed E-state index contributed by atoms with van der Waals surface area (Å²) in [4.78, 5) is 25.1. The summed E-state index contributed by atoms with van der Waals surface area (Å²) in [6.07, 6.45) is 2.76. The number of carboxylic acid groups (broad SMARTS) is 1. The number of carbonyl (C=O) groups is 1. The van der Waals surface area contributed by atoms with Gasteiger partial charge in [-0.2, -0.15) is 0 Å². The lowest BCUT2D eigenvalue weighted by Crippen LogP contribution is -1.99. The summed E-state index contributed by atoms with van der Waals surface area (Å²) in [6.45, 7) is 0. The number of oxazole rings is 1. The van der Waals surface area contributed by atoms with Crippen molar-refractivity contribution in [1.29, 1.82) is 0 Å². The maximum absolute atomic E-state index is 10.9. The van der Waals surface area contributed by atoms with Gasteiger partial charge in [-0.05, 0) is 23.9 Å². The van der Waals surface area contributed by atoms with Crippen molar-refractivity contribution >= 4 is 23.4 Å². The van der Waals surface area contributed by atoms with Gasteiger partial charge in [0, 0.05) is 6.07 Å². The molecule has 0 amide bonds. The maximum atomic E-state index is 10.9. The maximum Gasteiger partial charge on any atom is 0.335 e. The first-order chi connectivity index (χ1) is 8.58. The molecule has 2 aromatic rings. The van der Waals surface area contributed by atoms with Crippen LogP contribution in [0.2, 0.25) is 0 Å². The lowest BCUT2D eigenvalue weighted by molar-refractivity contribution is -0.387. The van der Waals surface area contributed by atoms with Crippen molar-refractivity contribution in [2.75, 3.05) is 0 Å². The first-order valence-corrected chi connectivity index (χ1v) is 5.48. The second kappa shape index (κ2) is 4.88. The molecule has 7 nitrogen and oxygen atoms in total. The summed E-state index contributed by atoms with van der Waals surface area (Å²) < 4.78 is 4.96. The van der Waals surface area contributed by atoms with Crippen LogP contribution in [0.15, 0.2) is 45.2 Å². The van der Waals surface area contributed by atoms with Crippen LogP contribution in [0.25, 0.3) is 0 Å². The van der Waals surface area contributed by atoms with Gasteiger partial charge < -0.3 is 9.52 Å². The van der Waals surface area contributed by atoms with E-state index < -0.39 is 10.9 Å². The molecule has 1 N–H and O–H groups in total. The number of nitro groups is 1. The average Bonchev–Trinajstić information content (AvgIpc) is 2.81. The SMILES string of the molecule is O=C(O)c1ccc(Sc2ncco2)c([N+](=O)[O-])c1. The Morgan fingerprint density at radius 2 is 2.28 bits per heavy atom. The number of hydrogen-bond acceptors (Lipinski definition) is 6. The van der Waals surface area contributed by atoms with Gasteiger partial charge in [0.15, 0.2) is 0 Å². The first kappa shape index (κ1) is 12.1. The predicted molar refractivity (Wildman–Crippen MR) is 60.7 cm³/mol. The average molecular weight is 266 g/mol. The van der Waals surface area contributed by atoms with E-state index in [9.17, 15) is 14.9 Å². The van der Waals surface area contributed by atoms with Crippen LogP contribution in [0.3, 0.4) is 0 Å². The van der Waals surface area contributed by atoms with Crippen LogP contribution in [0.1, 0.15) is 10.4 Å². The van der Waals surface area contributed by atoms with Crippen LogP contribution in [0.5, 0.6) is 0 Å². The van der Waals surface area contributed by atoms with Gasteiger partial charge in [0.2, 0.25) is 0 Å². The second-order valence-corrected chi connectivity index (χ2v) is 4.14. The van der Waals surface area contributed by atoms with E-state index in [2.05, 4.69) is 4.98 Å². The molecule has 0 saturated heterocycles. The highest BCUT2D eigenvalue weighted by atomic mass is 32.2. The Labute approximate surface area is 105 Å². The lowest BCUT2D eigenvalue weighted by atomic mass is 10.2. The Balaban J connectivity index is 2.40. The van der Waals surface area contributed by atoms with E-state index in [4.69, 9.17) is 9.52 Å². The topological polar surface area (TPSA) is 106 Å². The fourth-order valence-electron chi connectivity index (χ4n) is 1.23. The molecule has 0 spiro atoms. The molecule has 0 radical (unpaired) electrons. The molecule has 0 saturated carbocycles. The molecule has 0 unspecified atom stereocenters. The highest BCUT2D eigenvalue weighted by molar-refractivity contribution is 7.99. The number of nitro benzene ring substituents is 1. The van der Waals surface area contributed by atoms with Crippen LogP contribution in [0.4, 0.5) is 5.69 Å². The minimum atomic E-state index is -1.22. The normalized spacial score (nSPS) is 10.2. The quantitative estimate of drug-likeness (QED) is 0.668. The third-order valence-electron chi connectivity index (χ3n) is 2.01. The fourth-order valence-corrected chi connectivity index (χ4v) is 2.01. The molecule has 0 bridgehead atoms. The zero-order chi connectivity index (χ0) is 13.1. The number of rotatable bonds is 4. The van der Waals surface area contributed by atoms with Gasteiger partial charge >= 0.3 is 5.97 Å². The molecule has 1 heterocycles. The van der Waals surface area contributed by atoms with Gasteiger partial charge in [0.25, 0.3) is 10.9 Å². The smallest absolute Gasteiger partial charge is 0.335 e. The van der Waals surface area contributed by atoms with E-state index in [1.54, 1.807) is 0 Å². The molecule has 2 rings (SSSR count). The van der Waals surface area contributed by atoms with E-state index >= 15 is 0 Å². The molecular formula is C10H6N2O5S. The van der Waals surface area contributed by atoms with Crippen molar-refractivity contribution < 1.29 is 19.2 Å². The summed E-state index contributed by atoms with van der Waals surface area (Å²) in [5, 5.41) is 19.9. The molecule has 1 aromatic carbocycles. The second-order valence-electron chi connectivity index (χ2n) is 3.14. The largest absolute Gasteiger partial charge is 0.478 e.